The largest absolute Gasteiger partial charge is 0.456 e. The van der Waals surface area contributed by atoms with Gasteiger partial charge in [-0.15, -0.1) is 10.2 Å². The van der Waals surface area contributed by atoms with E-state index < -0.39 is 11.4 Å². The minimum absolute atomic E-state index is 0.106. The zero-order valence-corrected chi connectivity index (χ0v) is 14.3. The first kappa shape index (κ1) is 16.3. The van der Waals surface area contributed by atoms with E-state index in [1.54, 1.807) is 29.6 Å². The second kappa shape index (κ2) is 5.95. The number of aryl methyl sites for hydroxylation is 1. The van der Waals surface area contributed by atoms with Crippen LogP contribution in [0.1, 0.15) is 31.5 Å². The van der Waals surface area contributed by atoms with Crippen molar-refractivity contribution in [1.29, 1.82) is 5.26 Å². The SMILES string of the molecule is Cn1c(=O)c2ccccc2n2c(COC(=O)C3(C#N)CCCC3)nnc12. The third kappa shape index (κ3) is 2.28. The monoisotopic (exact) mass is 351 g/mol. The molecule has 0 aliphatic heterocycles. The zero-order valence-electron chi connectivity index (χ0n) is 14.3. The Kier molecular flexibility index (Phi) is 3.72. The van der Waals surface area contributed by atoms with Gasteiger partial charge in [0, 0.05) is 7.05 Å². The van der Waals surface area contributed by atoms with Crippen LogP contribution in [0.4, 0.5) is 0 Å². The topological polar surface area (TPSA) is 102 Å². The molecule has 0 radical (unpaired) electrons. The Balaban J connectivity index is 1.73. The molecule has 1 saturated carbocycles. The van der Waals surface area contributed by atoms with Crippen LogP contribution in [-0.4, -0.2) is 25.1 Å². The maximum absolute atomic E-state index is 12.5. The summed E-state index contributed by atoms with van der Waals surface area (Å²) in [6.07, 6.45) is 2.76. The van der Waals surface area contributed by atoms with Crippen molar-refractivity contribution in [2.24, 2.45) is 12.5 Å². The highest BCUT2D eigenvalue weighted by Gasteiger charge is 2.43. The third-order valence-electron chi connectivity index (χ3n) is 5.09. The maximum atomic E-state index is 12.5. The summed E-state index contributed by atoms with van der Waals surface area (Å²) in [5.74, 6) is 0.269. The van der Waals surface area contributed by atoms with Crippen molar-refractivity contribution in [3.8, 4) is 6.07 Å². The Labute approximate surface area is 148 Å². The first-order valence-corrected chi connectivity index (χ1v) is 8.48. The van der Waals surface area contributed by atoms with Crippen molar-refractivity contribution in [3.63, 3.8) is 0 Å². The van der Waals surface area contributed by atoms with Gasteiger partial charge < -0.3 is 4.74 Å². The number of rotatable bonds is 3. The van der Waals surface area contributed by atoms with E-state index in [-0.39, 0.29) is 12.2 Å². The number of hydrogen-bond acceptors (Lipinski definition) is 6. The van der Waals surface area contributed by atoms with Crippen LogP contribution in [-0.2, 0) is 23.2 Å². The number of para-hydroxylation sites is 1. The number of fused-ring (bicyclic) bond motifs is 3. The number of carbonyl (C=O) groups excluding carboxylic acids is 1. The van der Waals surface area contributed by atoms with Gasteiger partial charge in [0.05, 0.1) is 17.0 Å². The highest BCUT2D eigenvalue weighted by Crippen LogP contribution is 2.38. The molecular weight excluding hydrogens is 334 g/mol. The van der Waals surface area contributed by atoms with Gasteiger partial charge >= 0.3 is 5.97 Å². The fraction of sp³-hybridized carbons (Fsp3) is 0.389. The molecule has 0 spiro atoms. The van der Waals surface area contributed by atoms with Gasteiger partial charge in [0.25, 0.3) is 5.56 Å². The molecule has 1 aliphatic rings. The third-order valence-corrected chi connectivity index (χ3v) is 5.09. The van der Waals surface area contributed by atoms with E-state index in [2.05, 4.69) is 16.3 Å². The molecule has 0 bridgehead atoms. The van der Waals surface area contributed by atoms with Gasteiger partial charge in [-0.3, -0.25) is 18.6 Å². The number of ether oxygens (including phenoxy) is 1. The summed E-state index contributed by atoms with van der Waals surface area (Å²) in [6.45, 7) is -0.106. The van der Waals surface area contributed by atoms with Crippen molar-refractivity contribution >= 4 is 22.6 Å². The fourth-order valence-electron chi connectivity index (χ4n) is 3.59. The lowest BCUT2D eigenvalue weighted by Gasteiger charge is -2.17. The number of esters is 1. The Morgan fingerprint density at radius 2 is 2.04 bits per heavy atom. The number of nitriles is 1. The standard InChI is InChI=1S/C18H17N5O3/c1-22-15(24)12-6-2-3-7-13(12)23-14(20-21-17(22)23)10-26-16(25)18(11-19)8-4-5-9-18/h2-3,6-7H,4-5,8-10H2,1H3. The number of aromatic nitrogens is 4. The lowest BCUT2D eigenvalue weighted by Crippen LogP contribution is -2.28. The average Bonchev–Trinajstić information content (AvgIpc) is 3.32. The molecule has 1 aromatic carbocycles. The lowest BCUT2D eigenvalue weighted by molar-refractivity contribution is -0.153. The Morgan fingerprint density at radius 3 is 2.77 bits per heavy atom. The molecule has 4 rings (SSSR count). The minimum Gasteiger partial charge on any atom is -0.456 e. The van der Waals surface area contributed by atoms with Crippen molar-refractivity contribution in [2.75, 3.05) is 0 Å². The van der Waals surface area contributed by atoms with E-state index in [0.29, 0.717) is 35.3 Å². The predicted molar refractivity (Wildman–Crippen MR) is 92.0 cm³/mol. The molecule has 0 saturated heterocycles. The average molecular weight is 351 g/mol. The molecule has 1 fully saturated rings. The van der Waals surface area contributed by atoms with Crippen LogP contribution in [0.25, 0.3) is 16.7 Å². The molecule has 3 aromatic rings. The lowest BCUT2D eigenvalue weighted by atomic mass is 9.88. The van der Waals surface area contributed by atoms with Crippen LogP contribution in [0.5, 0.6) is 0 Å². The molecular formula is C18H17N5O3. The first-order chi connectivity index (χ1) is 12.6. The van der Waals surface area contributed by atoms with Gasteiger partial charge in [-0.1, -0.05) is 25.0 Å². The van der Waals surface area contributed by atoms with E-state index >= 15 is 0 Å². The number of benzene rings is 1. The molecule has 0 N–H and O–H groups in total. The molecule has 0 unspecified atom stereocenters. The Morgan fingerprint density at radius 1 is 1.31 bits per heavy atom. The van der Waals surface area contributed by atoms with Crippen molar-refractivity contribution in [1.82, 2.24) is 19.2 Å². The smallest absolute Gasteiger partial charge is 0.326 e. The van der Waals surface area contributed by atoms with E-state index in [1.807, 2.05) is 6.07 Å². The summed E-state index contributed by atoms with van der Waals surface area (Å²) in [4.78, 5) is 24.9. The minimum atomic E-state index is -1.05. The van der Waals surface area contributed by atoms with Crippen LogP contribution >= 0.6 is 0 Å². The van der Waals surface area contributed by atoms with Gasteiger partial charge in [0.2, 0.25) is 5.78 Å². The Bertz CT molecular complexity index is 1120. The number of carbonyl (C=O) groups is 1. The zero-order chi connectivity index (χ0) is 18.3. The number of hydrogen-bond donors (Lipinski definition) is 0. The van der Waals surface area contributed by atoms with E-state index in [0.717, 1.165) is 12.8 Å². The highest BCUT2D eigenvalue weighted by molar-refractivity contribution is 5.81. The summed E-state index contributed by atoms with van der Waals surface area (Å²) in [5.41, 5.74) is -0.564. The van der Waals surface area contributed by atoms with E-state index in [1.165, 1.54) is 4.57 Å². The molecule has 2 aromatic heterocycles. The molecule has 132 valence electrons. The molecule has 8 heteroatoms. The summed E-state index contributed by atoms with van der Waals surface area (Å²) in [7, 11) is 1.62. The molecule has 0 atom stereocenters. The Hall–Kier alpha value is -3.21. The van der Waals surface area contributed by atoms with Gasteiger partial charge in [0.1, 0.15) is 0 Å². The molecule has 26 heavy (non-hydrogen) atoms. The van der Waals surface area contributed by atoms with Crippen LogP contribution in [0, 0.1) is 16.7 Å². The molecule has 2 heterocycles. The predicted octanol–water partition coefficient (Wildman–Crippen LogP) is 1.71. The summed E-state index contributed by atoms with van der Waals surface area (Å²) < 4.78 is 8.54. The molecule has 8 nitrogen and oxygen atoms in total. The van der Waals surface area contributed by atoms with Crippen LogP contribution < -0.4 is 5.56 Å². The van der Waals surface area contributed by atoms with Crippen molar-refractivity contribution in [3.05, 3.63) is 40.4 Å². The van der Waals surface area contributed by atoms with Crippen LogP contribution in [0.15, 0.2) is 29.1 Å². The highest BCUT2D eigenvalue weighted by atomic mass is 16.5. The van der Waals surface area contributed by atoms with E-state index in [4.69, 9.17) is 4.74 Å². The fourth-order valence-corrected chi connectivity index (χ4v) is 3.59. The normalized spacial score (nSPS) is 16.0. The maximum Gasteiger partial charge on any atom is 0.326 e. The van der Waals surface area contributed by atoms with Gasteiger partial charge in [-0.25, -0.2) is 0 Å². The number of nitrogens with zero attached hydrogens (tertiary/aromatic N) is 5. The van der Waals surface area contributed by atoms with E-state index in [9.17, 15) is 14.9 Å². The summed E-state index contributed by atoms with van der Waals surface area (Å²) in [6, 6.07) is 9.27. The van der Waals surface area contributed by atoms with Gasteiger partial charge in [-0.2, -0.15) is 5.26 Å². The molecule has 1 aliphatic carbocycles. The van der Waals surface area contributed by atoms with Crippen LogP contribution in [0.2, 0.25) is 0 Å². The van der Waals surface area contributed by atoms with Crippen LogP contribution in [0.3, 0.4) is 0 Å². The first-order valence-electron chi connectivity index (χ1n) is 8.48. The second-order valence-electron chi connectivity index (χ2n) is 6.61. The van der Waals surface area contributed by atoms with Gasteiger partial charge in [-0.05, 0) is 25.0 Å². The second-order valence-corrected chi connectivity index (χ2v) is 6.61. The quantitative estimate of drug-likeness (QED) is 0.666. The van der Waals surface area contributed by atoms with Crippen molar-refractivity contribution < 1.29 is 9.53 Å². The summed E-state index contributed by atoms with van der Waals surface area (Å²) >= 11 is 0. The van der Waals surface area contributed by atoms with Gasteiger partial charge in [0.15, 0.2) is 17.8 Å². The summed E-state index contributed by atoms with van der Waals surface area (Å²) in [5, 5.41) is 18.1. The molecule has 0 amide bonds. The van der Waals surface area contributed by atoms with Crippen molar-refractivity contribution in [2.45, 2.75) is 32.3 Å².